The van der Waals surface area contributed by atoms with E-state index in [1.54, 1.807) is 6.07 Å². The fourth-order valence-corrected chi connectivity index (χ4v) is 2.07. The van der Waals surface area contributed by atoms with E-state index < -0.39 is 0 Å². The summed E-state index contributed by atoms with van der Waals surface area (Å²) in [4.78, 5) is 4.25. The van der Waals surface area contributed by atoms with Gasteiger partial charge in [0.25, 0.3) is 0 Å². The minimum absolute atomic E-state index is 0.240. The molecule has 0 amide bonds. The van der Waals surface area contributed by atoms with Crippen LogP contribution in [0.25, 0.3) is 11.4 Å². The second-order valence-corrected chi connectivity index (χ2v) is 5.35. The van der Waals surface area contributed by atoms with Crippen LogP contribution in [-0.4, -0.2) is 10.1 Å². The summed E-state index contributed by atoms with van der Waals surface area (Å²) in [5.41, 5.74) is 6.57. The molecule has 0 saturated carbocycles. The molecule has 0 radical (unpaired) electrons. The maximum absolute atomic E-state index is 13.2. The second kappa shape index (κ2) is 5.79. The Morgan fingerprint density at radius 1 is 1.47 bits per heavy atom. The van der Waals surface area contributed by atoms with Gasteiger partial charge in [0.15, 0.2) is 0 Å². The molecule has 1 aromatic carbocycles. The number of rotatable bonds is 4. The summed E-state index contributed by atoms with van der Waals surface area (Å²) >= 11 is 3.34. The molecule has 0 saturated heterocycles. The summed E-state index contributed by atoms with van der Waals surface area (Å²) in [6, 6.07) is 4.01. The van der Waals surface area contributed by atoms with Crippen molar-refractivity contribution in [3.8, 4) is 11.4 Å². The molecule has 1 aromatic heterocycles. The van der Waals surface area contributed by atoms with Gasteiger partial charge in [-0.15, -0.1) is 0 Å². The Morgan fingerprint density at radius 3 is 2.89 bits per heavy atom. The Labute approximate surface area is 119 Å². The highest BCUT2D eigenvalue weighted by Gasteiger charge is 2.21. The van der Waals surface area contributed by atoms with E-state index in [2.05, 4.69) is 26.1 Å². The van der Waals surface area contributed by atoms with E-state index in [4.69, 9.17) is 10.3 Å². The van der Waals surface area contributed by atoms with Crippen molar-refractivity contribution < 1.29 is 8.91 Å². The molecule has 4 nitrogen and oxygen atoms in total. The highest BCUT2D eigenvalue weighted by atomic mass is 79.9. The maximum Gasteiger partial charge on any atom is 0.244 e. The number of nitrogens with zero attached hydrogens (tertiary/aromatic N) is 2. The first-order chi connectivity index (χ1) is 9.02. The van der Waals surface area contributed by atoms with Crippen LogP contribution in [0.15, 0.2) is 27.2 Å². The van der Waals surface area contributed by atoms with E-state index in [9.17, 15) is 4.39 Å². The smallest absolute Gasteiger partial charge is 0.244 e. The summed E-state index contributed by atoms with van der Waals surface area (Å²) in [6.45, 7) is 4.07. The van der Waals surface area contributed by atoms with E-state index in [0.29, 0.717) is 21.8 Å². The van der Waals surface area contributed by atoms with Gasteiger partial charge in [-0.25, -0.2) is 4.39 Å². The molecule has 0 aliphatic carbocycles. The third-order valence-corrected chi connectivity index (χ3v) is 3.84. The fraction of sp³-hybridized carbons (Fsp3) is 0.385. The lowest BCUT2D eigenvalue weighted by molar-refractivity contribution is 0.312. The van der Waals surface area contributed by atoms with E-state index >= 15 is 0 Å². The average molecular weight is 328 g/mol. The van der Waals surface area contributed by atoms with Crippen LogP contribution in [0, 0.1) is 11.7 Å². The first kappa shape index (κ1) is 14.1. The molecule has 0 unspecified atom stereocenters. The lowest BCUT2D eigenvalue weighted by Gasteiger charge is -2.12. The molecule has 0 fully saturated rings. The molecule has 2 atom stereocenters. The van der Waals surface area contributed by atoms with Crippen molar-refractivity contribution in [2.75, 3.05) is 0 Å². The van der Waals surface area contributed by atoms with E-state index in [1.807, 2.05) is 13.8 Å². The van der Waals surface area contributed by atoms with Gasteiger partial charge >= 0.3 is 0 Å². The van der Waals surface area contributed by atoms with Crippen molar-refractivity contribution in [3.05, 3.63) is 34.4 Å². The van der Waals surface area contributed by atoms with Crippen LogP contribution in [0.4, 0.5) is 4.39 Å². The third-order valence-electron chi connectivity index (χ3n) is 3.15. The minimum Gasteiger partial charge on any atom is -0.337 e. The van der Waals surface area contributed by atoms with Gasteiger partial charge in [0, 0.05) is 10.0 Å². The standard InChI is InChI=1S/C13H15BrFN3O/c1-3-7(2)11(16)13-17-12(18-19-13)9-6-8(15)4-5-10(9)14/h4-7,11H,3,16H2,1-2H3/t7-,11-/m0/s1. The van der Waals surface area contributed by atoms with Gasteiger partial charge in [0.1, 0.15) is 5.82 Å². The minimum atomic E-state index is -0.351. The molecule has 2 rings (SSSR count). The van der Waals surface area contributed by atoms with Gasteiger partial charge in [0.2, 0.25) is 11.7 Å². The normalized spacial score (nSPS) is 14.4. The molecule has 1 heterocycles. The molecule has 0 aliphatic rings. The van der Waals surface area contributed by atoms with Crippen molar-refractivity contribution in [3.63, 3.8) is 0 Å². The van der Waals surface area contributed by atoms with Crippen LogP contribution < -0.4 is 5.73 Å². The van der Waals surface area contributed by atoms with Gasteiger partial charge in [0.05, 0.1) is 6.04 Å². The van der Waals surface area contributed by atoms with Crippen LogP contribution in [0.2, 0.25) is 0 Å². The summed E-state index contributed by atoms with van der Waals surface area (Å²) < 4.78 is 19.1. The maximum atomic E-state index is 13.2. The lowest BCUT2D eigenvalue weighted by Crippen LogP contribution is -2.18. The molecule has 102 valence electrons. The topological polar surface area (TPSA) is 64.9 Å². The van der Waals surface area contributed by atoms with Crippen LogP contribution in [-0.2, 0) is 0 Å². The average Bonchev–Trinajstić information content (AvgIpc) is 2.89. The SMILES string of the molecule is CC[C@H](C)[C@H](N)c1nc(-c2cc(F)ccc2Br)no1. The summed E-state index contributed by atoms with van der Waals surface area (Å²) in [7, 11) is 0. The Morgan fingerprint density at radius 2 is 2.21 bits per heavy atom. The van der Waals surface area contributed by atoms with Gasteiger partial charge in [-0.3, -0.25) is 0 Å². The Kier molecular flexibility index (Phi) is 4.31. The zero-order chi connectivity index (χ0) is 14.0. The third kappa shape index (κ3) is 3.01. The fourth-order valence-electron chi connectivity index (χ4n) is 1.65. The quantitative estimate of drug-likeness (QED) is 0.930. The monoisotopic (exact) mass is 327 g/mol. The lowest BCUT2D eigenvalue weighted by atomic mass is 10.0. The Hall–Kier alpha value is -1.27. The van der Waals surface area contributed by atoms with Gasteiger partial charge in [-0.05, 0) is 24.1 Å². The molecular weight excluding hydrogens is 313 g/mol. The van der Waals surface area contributed by atoms with Crippen LogP contribution in [0.1, 0.15) is 32.2 Å². The Bertz CT molecular complexity index is 573. The summed E-state index contributed by atoms with van der Waals surface area (Å²) in [5, 5.41) is 3.86. The zero-order valence-electron chi connectivity index (χ0n) is 10.7. The zero-order valence-corrected chi connectivity index (χ0v) is 12.3. The van der Waals surface area contributed by atoms with Gasteiger partial charge < -0.3 is 10.3 Å². The van der Waals surface area contributed by atoms with Gasteiger partial charge in [-0.1, -0.05) is 41.4 Å². The molecule has 0 spiro atoms. The molecule has 0 aliphatic heterocycles. The largest absolute Gasteiger partial charge is 0.337 e. The molecule has 19 heavy (non-hydrogen) atoms. The van der Waals surface area contributed by atoms with Gasteiger partial charge in [-0.2, -0.15) is 4.98 Å². The predicted molar refractivity (Wildman–Crippen MR) is 73.8 cm³/mol. The number of hydrogen-bond donors (Lipinski definition) is 1. The van der Waals surface area contributed by atoms with Crippen molar-refractivity contribution in [1.82, 2.24) is 10.1 Å². The molecular formula is C13H15BrFN3O. The van der Waals surface area contributed by atoms with Crippen LogP contribution in [0.5, 0.6) is 0 Å². The first-order valence-corrected chi connectivity index (χ1v) is 6.86. The molecule has 2 aromatic rings. The molecule has 2 N–H and O–H groups in total. The number of aromatic nitrogens is 2. The van der Waals surface area contributed by atoms with Crippen molar-refractivity contribution in [2.45, 2.75) is 26.3 Å². The van der Waals surface area contributed by atoms with E-state index in [0.717, 1.165) is 6.42 Å². The summed E-state index contributed by atoms with van der Waals surface area (Å²) in [6.07, 6.45) is 0.919. The molecule has 6 heteroatoms. The Balaban J connectivity index is 2.33. The highest BCUT2D eigenvalue weighted by molar-refractivity contribution is 9.10. The number of halogens is 2. The van der Waals surface area contributed by atoms with Crippen LogP contribution in [0.3, 0.4) is 0 Å². The molecule has 0 bridgehead atoms. The second-order valence-electron chi connectivity index (χ2n) is 4.49. The number of nitrogens with two attached hydrogens (primary N) is 1. The van der Waals surface area contributed by atoms with E-state index in [-0.39, 0.29) is 17.8 Å². The number of hydrogen-bond acceptors (Lipinski definition) is 4. The van der Waals surface area contributed by atoms with E-state index in [1.165, 1.54) is 12.1 Å². The van der Waals surface area contributed by atoms with Crippen molar-refractivity contribution >= 4 is 15.9 Å². The first-order valence-electron chi connectivity index (χ1n) is 6.07. The highest BCUT2D eigenvalue weighted by Crippen LogP contribution is 2.28. The predicted octanol–water partition coefficient (Wildman–Crippen LogP) is 3.68. The number of benzene rings is 1. The van der Waals surface area contributed by atoms with Crippen LogP contribution >= 0.6 is 15.9 Å². The van der Waals surface area contributed by atoms with Crippen molar-refractivity contribution in [2.24, 2.45) is 11.7 Å². The van der Waals surface area contributed by atoms with Crippen molar-refractivity contribution in [1.29, 1.82) is 0 Å². The summed E-state index contributed by atoms with van der Waals surface area (Å²) in [5.74, 6) is 0.598.